The van der Waals surface area contributed by atoms with Gasteiger partial charge in [-0.05, 0) is 12.7 Å². The van der Waals surface area contributed by atoms with Gasteiger partial charge >= 0.3 is 0 Å². The number of hydrogen-bond acceptors (Lipinski definition) is 6. The Bertz CT molecular complexity index is 304. The lowest BCUT2D eigenvalue weighted by Gasteiger charge is -1.99. The van der Waals surface area contributed by atoms with Crippen LogP contribution in [0.25, 0.3) is 0 Å². The molecule has 1 aromatic rings. The summed E-state index contributed by atoms with van der Waals surface area (Å²) < 4.78 is 1.84. The molecule has 0 bridgehead atoms. The molecular weight excluding hydrogens is 222 g/mol. The fourth-order valence-electron chi connectivity index (χ4n) is 0.650. The molecule has 0 aliphatic heterocycles. The Morgan fingerprint density at radius 3 is 2.69 bits per heavy atom. The molecule has 1 rings (SSSR count). The summed E-state index contributed by atoms with van der Waals surface area (Å²) in [5.41, 5.74) is 0. The highest BCUT2D eigenvalue weighted by Gasteiger charge is 2.10. The van der Waals surface area contributed by atoms with Crippen LogP contribution in [-0.2, 0) is 0 Å². The Hall–Kier alpha value is -0.250. The third kappa shape index (κ3) is 3.18. The quantitative estimate of drug-likeness (QED) is 0.746. The van der Waals surface area contributed by atoms with Gasteiger partial charge in [-0.2, -0.15) is 5.26 Å². The maximum absolute atomic E-state index is 8.73. The van der Waals surface area contributed by atoms with Crippen LogP contribution in [0.1, 0.15) is 13.3 Å². The highest BCUT2D eigenvalue weighted by molar-refractivity contribution is 8.03. The minimum absolute atomic E-state index is 0.00246. The fraction of sp³-hybridized carbons (Fsp3) is 0.571. The molecule has 0 aromatic carbocycles. The van der Waals surface area contributed by atoms with Crippen molar-refractivity contribution in [3.05, 3.63) is 0 Å². The molecule has 0 radical (unpaired) electrons. The molecule has 0 saturated carbocycles. The smallest absolute Gasteiger partial charge is 0.176 e. The van der Waals surface area contributed by atoms with E-state index in [2.05, 4.69) is 16.3 Å². The molecule has 1 atom stereocenters. The Balaban J connectivity index is 2.58. The van der Waals surface area contributed by atoms with Crippen molar-refractivity contribution in [2.75, 3.05) is 6.26 Å². The topological polar surface area (TPSA) is 49.6 Å². The van der Waals surface area contributed by atoms with Gasteiger partial charge in [0, 0.05) is 0 Å². The summed E-state index contributed by atoms with van der Waals surface area (Å²) in [4.78, 5) is 0. The van der Waals surface area contributed by atoms with Gasteiger partial charge in [0.1, 0.15) is 0 Å². The average Bonchev–Trinajstić information content (AvgIpc) is 2.61. The number of nitrogens with zero attached hydrogens (tertiary/aromatic N) is 3. The highest BCUT2D eigenvalue weighted by atomic mass is 32.2. The molecule has 0 saturated heterocycles. The fourth-order valence-corrected chi connectivity index (χ4v) is 3.14. The first-order chi connectivity index (χ1) is 6.30. The first-order valence-electron chi connectivity index (χ1n) is 3.74. The summed E-state index contributed by atoms with van der Waals surface area (Å²) in [5, 5.41) is 16.7. The molecule has 0 aliphatic carbocycles. The zero-order valence-electron chi connectivity index (χ0n) is 7.35. The van der Waals surface area contributed by atoms with Gasteiger partial charge in [-0.15, -0.1) is 10.2 Å². The SMILES string of the molecule is CCC(C#N)Sc1nnc(SC)s1. The number of aromatic nitrogens is 2. The molecule has 0 N–H and O–H groups in total. The molecule has 0 spiro atoms. The second kappa shape index (κ2) is 5.47. The standard InChI is InChI=1S/C7H9N3S3/c1-3-5(4-8)12-7-10-9-6(11-2)13-7/h5H,3H2,1-2H3. The van der Waals surface area contributed by atoms with Crippen LogP contribution in [0.15, 0.2) is 8.68 Å². The van der Waals surface area contributed by atoms with E-state index in [0.717, 1.165) is 15.1 Å². The molecule has 0 aliphatic rings. The number of thioether (sulfide) groups is 2. The number of nitriles is 1. The lowest BCUT2D eigenvalue weighted by Crippen LogP contribution is -1.94. The van der Waals surface area contributed by atoms with E-state index in [9.17, 15) is 0 Å². The molecular formula is C7H9N3S3. The van der Waals surface area contributed by atoms with Crippen molar-refractivity contribution in [2.45, 2.75) is 27.3 Å². The normalized spacial score (nSPS) is 12.4. The van der Waals surface area contributed by atoms with Crippen LogP contribution >= 0.6 is 34.9 Å². The van der Waals surface area contributed by atoms with E-state index in [1.54, 1.807) is 23.1 Å². The second-order valence-electron chi connectivity index (χ2n) is 2.18. The molecule has 0 fully saturated rings. The van der Waals surface area contributed by atoms with Gasteiger partial charge in [-0.3, -0.25) is 0 Å². The summed E-state index contributed by atoms with van der Waals surface area (Å²) in [5.74, 6) is 0. The van der Waals surface area contributed by atoms with Crippen molar-refractivity contribution in [3.63, 3.8) is 0 Å². The van der Waals surface area contributed by atoms with Gasteiger partial charge in [-0.25, -0.2) is 0 Å². The van der Waals surface area contributed by atoms with E-state index in [-0.39, 0.29) is 5.25 Å². The van der Waals surface area contributed by atoms with Gasteiger partial charge in [0.05, 0.1) is 11.3 Å². The molecule has 6 heteroatoms. The third-order valence-corrected chi connectivity index (χ3v) is 4.56. The summed E-state index contributed by atoms with van der Waals surface area (Å²) in [6.07, 6.45) is 2.81. The lowest BCUT2D eigenvalue weighted by atomic mass is 10.4. The van der Waals surface area contributed by atoms with E-state index in [4.69, 9.17) is 5.26 Å². The monoisotopic (exact) mass is 231 g/mol. The van der Waals surface area contributed by atoms with Crippen molar-refractivity contribution in [1.82, 2.24) is 10.2 Å². The molecule has 1 unspecified atom stereocenters. The number of hydrogen-bond donors (Lipinski definition) is 0. The average molecular weight is 231 g/mol. The maximum Gasteiger partial charge on any atom is 0.176 e. The van der Waals surface area contributed by atoms with E-state index in [1.807, 2.05) is 13.2 Å². The van der Waals surface area contributed by atoms with Crippen molar-refractivity contribution in [2.24, 2.45) is 0 Å². The van der Waals surface area contributed by atoms with Crippen molar-refractivity contribution < 1.29 is 0 Å². The van der Waals surface area contributed by atoms with Crippen LogP contribution in [0.5, 0.6) is 0 Å². The molecule has 0 amide bonds. The zero-order valence-corrected chi connectivity index (χ0v) is 9.80. The Morgan fingerprint density at radius 2 is 2.23 bits per heavy atom. The van der Waals surface area contributed by atoms with Gasteiger partial charge in [0.25, 0.3) is 0 Å². The molecule has 1 heterocycles. The first kappa shape index (κ1) is 10.8. The van der Waals surface area contributed by atoms with Crippen molar-refractivity contribution >= 4 is 34.9 Å². The Kier molecular flexibility index (Phi) is 4.56. The van der Waals surface area contributed by atoms with E-state index >= 15 is 0 Å². The molecule has 70 valence electrons. The third-order valence-electron chi connectivity index (χ3n) is 1.32. The predicted octanol–water partition coefficient (Wildman–Crippen LogP) is 2.65. The van der Waals surface area contributed by atoms with Gasteiger partial charge in [0.15, 0.2) is 8.68 Å². The van der Waals surface area contributed by atoms with Crippen LogP contribution in [0.3, 0.4) is 0 Å². The zero-order chi connectivity index (χ0) is 9.68. The first-order valence-corrected chi connectivity index (χ1v) is 6.66. The maximum atomic E-state index is 8.73. The lowest BCUT2D eigenvalue weighted by molar-refractivity contribution is 0.942. The predicted molar refractivity (Wildman–Crippen MR) is 57.2 cm³/mol. The van der Waals surface area contributed by atoms with E-state index in [0.29, 0.717) is 0 Å². The largest absolute Gasteiger partial charge is 0.197 e. The van der Waals surface area contributed by atoms with Crippen LogP contribution in [0.2, 0.25) is 0 Å². The molecule has 1 aromatic heterocycles. The molecule has 13 heavy (non-hydrogen) atoms. The van der Waals surface area contributed by atoms with Crippen molar-refractivity contribution in [1.29, 1.82) is 5.26 Å². The van der Waals surface area contributed by atoms with Gasteiger partial charge in [0.2, 0.25) is 0 Å². The Labute approximate surface area is 89.9 Å². The van der Waals surface area contributed by atoms with Gasteiger partial charge < -0.3 is 0 Å². The number of rotatable bonds is 4. The van der Waals surface area contributed by atoms with E-state index in [1.165, 1.54) is 11.8 Å². The minimum atomic E-state index is 0.00246. The van der Waals surface area contributed by atoms with E-state index < -0.39 is 0 Å². The van der Waals surface area contributed by atoms with Crippen LogP contribution in [0, 0.1) is 11.3 Å². The van der Waals surface area contributed by atoms with Crippen molar-refractivity contribution in [3.8, 4) is 6.07 Å². The highest BCUT2D eigenvalue weighted by Crippen LogP contribution is 2.30. The summed E-state index contributed by atoms with van der Waals surface area (Å²) in [7, 11) is 0. The second-order valence-corrected chi connectivity index (χ2v) is 5.66. The summed E-state index contributed by atoms with van der Waals surface area (Å²) in [6.45, 7) is 2.00. The summed E-state index contributed by atoms with van der Waals surface area (Å²) >= 11 is 4.62. The van der Waals surface area contributed by atoms with Crippen LogP contribution in [-0.4, -0.2) is 21.7 Å². The summed E-state index contributed by atoms with van der Waals surface area (Å²) in [6, 6.07) is 2.22. The van der Waals surface area contributed by atoms with Crippen LogP contribution < -0.4 is 0 Å². The molecule has 3 nitrogen and oxygen atoms in total. The Morgan fingerprint density at radius 1 is 1.54 bits per heavy atom. The van der Waals surface area contributed by atoms with Crippen LogP contribution in [0.4, 0.5) is 0 Å². The minimum Gasteiger partial charge on any atom is -0.197 e. The van der Waals surface area contributed by atoms with Gasteiger partial charge in [-0.1, -0.05) is 41.8 Å².